The van der Waals surface area contributed by atoms with E-state index < -0.39 is 9.84 Å². The van der Waals surface area contributed by atoms with E-state index in [9.17, 15) is 8.42 Å². The Bertz CT molecular complexity index is 449. The highest BCUT2D eigenvalue weighted by Gasteiger charge is 2.05. The van der Waals surface area contributed by atoms with Crippen LogP contribution in [-0.4, -0.2) is 33.8 Å². The van der Waals surface area contributed by atoms with Gasteiger partial charge in [0.25, 0.3) is 0 Å². The number of hydrogen-bond acceptors (Lipinski definition) is 4. The van der Waals surface area contributed by atoms with Crippen molar-refractivity contribution >= 4 is 15.5 Å². The van der Waals surface area contributed by atoms with E-state index in [1.54, 1.807) is 31.2 Å². The average molecular weight is 227 g/mol. The molecule has 0 heterocycles. The molecule has 0 aliphatic carbocycles. The van der Waals surface area contributed by atoms with Crippen molar-refractivity contribution in [3.05, 3.63) is 24.3 Å². The van der Waals surface area contributed by atoms with E-state index in [4.69, 9.17) is 0 Å². The summed E-state index contributed by atoms with van der Waals surface area (Å²) in [7, 11) is 0.383. The lowest BCUT2D eigenvalue weighted by Crippen LogP contribution is -1.99. The van der Waals surface area contributed by atoms with Crippen LogP contribution in [0.1, 0.15) is 0 Å². The third-order valence-corrected chi connectivity index (χ3v) is 2.73. The van der Waals surface area contributed by atoms with E-state index in [2.05, 4.69) is 10.3 Å². The molecule has 0 aromatic heterocycles. The van der Waals surface area contributed by atoms with Crippen LogP contribution in [0.4, 0.5) is 5.69 Å². The molecular formula is C9H13N3O2S. The minimum atomic E-state index is -3.13. The van der Waals surface area contributed by atoms with Gasteiger partial charge >= 0.3 is 0 Å². The Labute approximate surface area is 89.3 Å². The van der Waals surface area contributed by atoms with E-state index in [-0.39, 0.29) is 4.90 Å². The van der Waals surface area contributed by atoms with E-state index in [1.165, 1.54) is 18.4 Å². The predicted octanol–water partition coefficient (Wildman–Crippen LogP) is 1.65. The predicted molar refractivity (Wildman–Crippen MR) is 57.8 cm³/mol. The van der Waals surface area contributed by atoms with E-state index in [0.717, 1.165) is 0 Å². The summed E-state index contributed by atoms with van der Waals surface area (Å²) in [5.41, 5.74) is 0.621. The average Bonchev–Trinajstić information content (AvgIpc) is 2.14. The van der Waals surface area contributed by atoms with E-state index in [0.29, 0.717) is 5.69 Å². The van der Waals surface area contributed by atoms with Gasteiger partial charge < -0.3 is 0 Å². The molecule has 0 atom stereocenters. The summed E-state index contributed by atoms with van der Waals surface area (Å²) in [6.45, 7) is 0. The second-order valence-electron chi connectivity index (χ2n) is 3.30. The molecule has 0 N–H and O–H groups in total. The number of sulfone groups is 1. The van der Waals surface area contributed by atoms with Gasteiger partial charge in [-0.1, -0.05) is 5.22 Å². The monoisotopic (exact) mass is 227 g/mol. The van der Waals surface area contributed by atoms with Crippen LogP contribution in [0.5, 0.6) is 0 Å². The number of rotatable bonds is 3. The maximum absolute atomic E-state index is 11.1. The normalized spacial score (nSPS) is 11.9. The van der Waals surface area contributed by atoms with Crippen molar-refractivity contribution in [1.82, 2.24) is 5.01 Å². The molecule has 0 saturated heterocycles. The third kappa shape index (κ3) is 3.67. The Kier molecular flexibility index (Phi) is 3.41. The first-order valence-corrected chi connectivity index (χ1v) is 6.18. The van der Waals surface area contributed by atoms with Crippen LogP contribution in [0.25, 0.3) is 0 Å². The molecule has 0 aliphatic heterocycles. The lowest BCUT2D eigenvalue weighted by Gasteiger charge is -2.01. The maximum Gasteiger partial charge on any atom is 0.175 e. The van der Waals surface area contributed by atoms with E-state index in [1.807, 2.05) is 0 Å². The van der Waals surface area contributed by atoms with Gasteiger partial charge in [0.1, 0.15) is 0 Å². The maximum atomic E-state index is 11.1. The van der Waals surface area contributed by atoms with Crippen molar-refractivity contribution in [3.8, 4) is 0 Å². The van der Waals surface area contributed by atoms with Crippen LogP contribution < -0.4 is 0 Å². The molecule has 0 unspecified atom stereocenters. The number of benzene rings is 1. The second-order valence-corrected chi connectivity index (χ2v) is 5.32. The quantitative estimate of drug-likeness (QED) is 0.582. The molecule has 6 heteroatoms. The fraction of sp³-hybridized carbons (Fsp3) is 0.333. The van der Waals surface area contributed by atoms with Crippen LogP contribution in [0.3, 0.4) is 0 Å². The molecule has 0 amide bonds. The largest absolute Gasteiger partial charge is 0.285 e. The first kappa shape index (κ1) is 11.6. The van der Waals surface area contributed by atoms with Gasteiger partial charge in [-0.3, -0.25) is 5.01 Å². The Hall–Kier alpha value is -1.43. The zero-order valence-electron chi connectivity index (χ0n) is 8.88. The Morgan fingerprint density at radius 2 is 1.67 bits per heavy atom. The van der Waals surface area contributed by atoms with Gasteiger partial charge in [-0.25, -0.2) is 8.42 Å². The molecule has 0 fully saturated rings. The highest BCUT2D eigenvalue weighted by molar-refractivity contribution is 7.90. The molecule has 15 heavy (non-hydrogen) atoms. The summed E-state index contributed by atoms with van der Waals surface area (Å²) in [5.74, 6) is 0. The fourth-order valence-corrected chi connectivity index (χ4v) is 1.53. The zero-order valence-corrected chi connectivity index (χ0v) is 9.69. The molecule has 1 aromatic rings. The summed E-state index contributed by atoms with van der Waals surface area (Å²) >= 11 is 0. The van der Waals surface area contributed by atoms with Gasteiger partial charge in [-0.2, -0.15) is 0 Å². The second kappa shape index (κ2) is 4.39. The molecule has 5 nitrogen and oxygen atoms in total. The molecule has 0 bridgehead atoms. The van der Waals surface area contributed by atoms with Gasteiger partial charge in [0, 0.05) is 20.4 Å². The minimum Gasteiger partial charge on any atom is -0.285 e. The molecule has 1 rings (SSSR count). The van der Waals surface area contributed by atoms with Gasteiger partial charge in [0.2, 0.25) is 0 Å². The summed E-state index contributed by atoms with van der Waals surface area (Å²) in [6.07, 6.45) is 1.17. The lowest BCUT2D eigenvalue weighted by molar-refractivity contribution is 0.408. The summed E-state index contributed by atoms with van der Waals surface area (Å²) in [5, 5.41) is 9.24. The molecule has 0 radical (unpaired) electrons. The van der Waals surface area contributed by atoms with Gasteiger partial charge in [0.15, 0.2) is 9.84 Å². The van der Waals surface area contributed by atoms with Gasteiger partial charge in [0.05, 0.1) is 10.6 Å². The molecule has 1 aromatic carbocycles. The Morgan fingerprint density at radius 3 is 2.07 bits per heavy atom. The highest BCUT2D eigenvalue weighted by atomic mass is 32.2. The first-order chi connectivity index (χ1) is 6.89. The Morgan fingerprint density at radius 1 is 1.13 bits per heavy atom. The number of nitrogens with zero attached hydrogens (tertiary/aromatic N) is 3. The van der Waals surface area contributed by atoms with Crippen LogP contribution in [0.15, 0.2) is 39.5 Å². The summed E-state index contributed by atoms with van der Waals surface area (Å²) in [6, 6.07) is 6.26. The van der Waals surface area contributed by atoms with Crippen molar-refractivity contribution in [3.63, 3.8) is 0 Å². The Balaban J connectivity index is 2.91. The topological polar surface area (TPSA) is 62.1 Å². The van der Waals surface area contributed by atoms with Gasteiger partial charge in [-0.15, -0.1) is 5.11 Å². The van der Waals surface area contributed by atoms with Crippen molar-refractivity contribution in [2.75, 3.05) is 20.4 Å². The summed E-state index contributed by atoms with van der Waals surface area (Å²) < 4.78 is 22.3. The summed E-state index contributed by atoms with van der Waals surface area (Å²) in [4.78, 5) is 0.284. The van der Waals surface area contributed by atoms with Crippen molar-refractivity contribution < 1.29 is 8.42 Å². The molecule has 82 valence electrons. The van der Waals surface area contributed by atoms with Crippen LogP contribution in [-0.2, 0) is 9.84 Å². The first-order valence-electron chi connectivity index (χ1n) is 4.29. The fourth-order valence-electron chi connectivity index (χ4n) is 0.901. The highest BCUT2D eigenvalue weighted by Crippen LogP contribution is 2.16. The van der Waals surface area contributed by atoms with Crippen molar-refractivity contribution in [1.29, 1.82) is 0 Å². The van der Waals surface area contributed by atoms with Crippen molar-refractivity contribution in [2.45, 2.75) is 4.90 Å². The molecule has 0 aliphatic rings. The number of hydrogen-bond donors (Lipinski definition) is 0. The zero-order chi connectivity index (χ0) is 11.5. The smallest absolute Gasteiger partial charge is 0.175 e. The molecular weight excluding hydrogens is 214 g/mol. The standard InChI is InChI=1S/C9H13N3O2S/c1-12(2)11-10-8-4-6-9(7-5-8)15(3,13)14/h4-7H,1-3H3. The van der Waals surface area contributed by atoms with Gasteiger partial charge in [-0.05, 0) is 24.3 Å². The SMILES string of the molecule is CN(C)N=Nc1ccc(S(C)(=O)=O)cc1. The van der Waals surface area contributed by atoms with Crippen molar-refractivity contribution in [2.24, 2.45) is 10.3 Å². The third-order valence-electron chi connectivity index (χ3n) is 1.60. The van der Waals surface area contributed by atoms with Crippen LogP contribution in [0, 0.1) is 0 Å². The molecule has 0 spiro atoms. The molecule has 0 saturated carbocycles. The van der Waals surface area contributed by atoms with Crippen LogP contribution in [0.2, 0.25) is 0 Å². The van der Waals surface area contributed by atoms with E-state index >= 15 is 0 Å². The minimum absolute atomic E-state index is 0.284. The lowest BCUT2D eigenvalue weighted by atomic mass is 10.3. The van der Waals surface area contributed by atoms with Crippen LogP contribution >= 0.6 is 0 Å².